The first-order valence-electron chi connectivity index (χ1n) is 13.0. The number of anilines is 2. The Morgan fingerprint density at radius 3 is 2.19 bits per heavy atom. The molecule has 0 radical (unpaired) electrons. The largest absolute Gasteiger partial charge is 1.00 e. The Labute approximate surface area is 227 Å². The predicted molar refractivity (Wildman–Crippen MR) is 142 cm³/mol. The van der Waals surface area contributed by atoms with E-state index in [0.717, 1.165) is 61.2 Å². The molecule has 36 heavy (non-hydrogen) atoms. The van der Waals surface area contributed by atoms with Gasteiger partial charge in [0.05, 0.1) is 13.1 Å². The minimum absolute atomic E-state index is 0. The van der Waals surface area contributed by atoms with Crippen molar-refractivity contribution in [1.82, 2.24) is 0 Å². The van der Waals surface area contributed by atoms with E-state index in [1.165, 1.54) is 12.0 Å². The Balaban J connectivity index is 0.00000456. The second-order valence-electron chi connectivity index (χ2n) is 10.7. The lowest BCUT2D eigenvalue weighted by Gasteiger charge is -2.41. The van der Waals surface area contributed by atoms with E-state index in [4.69, 9.17) is 4.74 Å². The van der Waals surface area contributed by atoms with Crippen molar-refractivity contribution >= 4 is 23.4 Å². The Bertz CT molecular complexity index is 952. The van der Waals surface area contributed by atoms with Crippen molar-refractivity contribution in [1.29, 1.82) is 0 Å². The highest BCUT2D eigenvalue weighted by Crippen LogP contribution is 2.24. The van der Waals surface area contributed by atoms with Crippen LogP contribution in [-0.4, -0.2) is 48.3 Å². The first-order valence-corrected chi connectivity index (χ1v) is 13.0. The topological polar surface area (TPSA) is 58.6 Å². The van der Waals surface area contributed by atoms with Gasteiger partial charge in [-0.1, -0.05) is 43.7 Å². The first kappa shape index (κ1) is 29.8. The Morgan fingerprint density at radius 2 is 1.61 bits per heavy atom. The van der Waals surface area contributed by atoms with Crippen LogP contribution in [-0.2, 0) is 16.1 Å². The van der Waals surface area contributed by atoms with Crippen molar-refractivity contribution in [3.63, 3.8) is 0 Å². The van der Waals surface area contributed by atoms with Crippen LogP contribution in [0, 0.1) is 0 Å². The minimum atomic E-state index is -0.553. The molecule has 2 amide bonds. The number of unbranched alkanes of at least 4 members (excludes halogenated alkanes) is 1. The van der Waals surface area contributed by atoms with Crippen LogP contribution >= 0.6 is 0 Å². The third kappa shape index (κ3) is 9.25. The number of rotatable bonds is 9. The summed E-state index contributed by atoms with van der Waals surface area (Å²) in [5.41, 5.74) is 2.24. The van der Waals surface area contributed by atoms with Crippen molar-refractivity contribution in [2.45, 2.75) is 71.9 Å². The molecule has 0 unspecified atom stereocenters. The standard InChI is InChI=1S/C29H41N3O3.BrH/c1-5-6-19-31(28(34)35-29(2,3)4)26-17-15-25(16-18-26)30-27(33)23-32(20-11-8-12-21-32)22-24-13-9-7-10-14-24;/h7,9-10,13-18H,5-6,8,11-12,19-23H2,1-4H3;1H. The summed E-state index contributed by atoms with van der Waals surface area (Å²) < 4.78 is 6.41. The van der Waals surface area contributed by atoms with Crippen LogP contribution in [0.1, 0.15) is 65.4 Å². The van der Waals surface area contributed by atoms with Gasteiger partial charge in [0.15, 0.2) is 6.54 Å². The summed E-state index contributed by atoms with van der Waals surface area (Å²) in [7, 11) is 0. The smallest absolute Gasteiger partial charge is 0.414 e. The van der Waals surface area contributed by atoms with Gasteiger partial charge in [-0.3, -0.25) is 9.69 Å². The van der Waals surface area contributed by atoms with Crippen LogP contribution in [0.2, 0.25) is 0 Å². The van der Waals surface area contributed by atoms with Crippen molar-refractivity contribution < 1.29 is 35.8 Å². The molecule has 6 nitrogen and oxygen atoms in total. The van der Waals surface area contributed by atoms with Crippen molar-refractivity contribution in [2.75, 3.05) is 36.4 Å². The van der Waals surface area contributed by atoms with Gasteiger partial charge in [-0.25, -0.2) is 4.79 Å². The summed E-state index contributed by atoms with van der Waals surface area (Å²) in [5.74, 6) is 0.0329. The van der Waals surface area contributed by atoms with Crippen LogP contribution in [0.15, 0.2) is 54.6 Å². The number of nitrogens with one attached hydrogen (secondary N) is 1. The summed E-state index contributed by atoms with van der Waals surface area (Å²) in [4.78, 5) is 27.5. The molecule has 2 aromatic rings. The summed E-state index contributed by atoms with van der Waals surface area (Å²) >= 11 is 0. The zero-order valence-electron chi connectivity index (χ0n) is 22.3. The SMILES string of the molecule is CCCCN(C(=O)OC(C)(C)C)c1ccc(NC(=O)C[N+]2(Cc3ccccc3)CCCCC2)cc1.[Br-]. The molecule has 7 heteroatoms. The molecule has 0 bridgehead atoms. The van der Waals surface area contributed by atoms with Gasteiger partial charge in [0.1, 0.15) is 12.1 Å². The first-order chi connectivity index (χ1) is 16.7. The number of halogens is 1. The van der Waals surface area contributed by atoms with Crippen molar-refractivity contribution in [3.8, 4) is 0 Å². The maximum absolute atomic E-state index is 13.1. The maximum Gasteiger partial charge on any atom is 0.414 e. The summed E-state index contributed by atoms with van der Waals surface area (Å²) in [6.07, 6.45) is 5.08. The van der Waals surface area contributed by atoms with E-state index in [1.807, 2.05) is 51.1 Å². The zero-order chi connectivity index (χ0) is 25.3. The molecule has 0 aromatic heterocycles. The Kier molecular flexibility index (Phi) is 11.4. The van der Waals surface area contributed by atoms with Gasteiger partial charge in [0.25, 0.3) is 5.91 Å². The molecule has 1 fully saturated rings. The number of hydrogen-bond acceptors (Lipinski definition) is 3. The molecule has 1 N–H and O–H groups in total. The predicted octanol–water partition coefficient (Wildman–Crippen LogP) is 3.37. The Hall–Kier alpha value is -2.38. The van der Waals surface area contributed by atoms with E-state index in [1.54, 1.807) is 4.90 Å². The second-order valence-corrected chi connectivity index (χ2v) is 10.7. The number of ether oxygens (including phenoxy) is 1. The molecular weight excluding hydrogens is 518 g/mol. The van der Waals surface area contributed by atoms with Crippen LogP contribution in [0.5, 0.6) is 0 Å². The quantitative estimate of drug-likeness (QED) is 0.479. The fraction of sp³-hybridized carbons (Fsp3) is 0.517. The molecule has 0 spiro atoms. The lowest BCUT2D eigenvalue weighted by molar-refractivity contribution is -0.937. The molecule has 1 aliphatic rings. The number of carbonyl (C=O) groups is 2. The van der Waals surface area contributed by atoms with Crippen molar-refractivity contribution in [2.24, 2.45) is 0 Å². The lowest BCUT2D eigenvalue weighted by atomic mass is 10.0. The fourth-order valence-electron chi connectivity index (χ4n) is 4.71. The van der Waals surface area contributed by atoms with E-state index < -0.39 is 5.60 Å². The molecule has 1 heterocycles. The van der Waals surface area contributed by atoms with Gasteiger partial charge < -0.3 is 31.5 Å². The number of piperidine rings is 1. The third-order valence-electron chi connectivity index (χ3n) is 6.42. The molecule has 0 saturated carbocycles. The highest BCUT2D eigenvalue weighted by molar-refractivity contribution is 5.92. The number of carbonyl (C=O) groups excluding carboxylic acids is 2. The average Bonchev–Trinajstić information content (AvgIpc) is 2.80. The molecule has 2 aromatic carbocycles. The van der Waals surface area contributed by atoms with E-state index in [-0.39, 0.29) is 29.0 Å². The van der Waals surface area contributed by atoms with Gasteiger partial charge in [-0.05, 0) is 70.7 Å². The van der Waals surface area contributed by atoms with E-state index in [9.17, 15) is 9.59 Å². The van der Waals surface area contributed by atoms with Crippen molar-refractivity contribution in [3.05, 3.63) is 60.2 Å². The highest BCUT2D eigenvalue weighted by Gasteiger charge is 2.33. The van der Waals surface area contributed by atoms with Crippen LogP contribution in [0.4, 0.5) is 16.2 Å². The van der Waals surface area contributed by atoms with E-state index >= 15 is 0 Å². The van der Waals surface area contributed by atoms with Crippen LogP contribution in [0.25, 0.3) is 0 Å². The average molecular weight is 561 g/mol. The fourth-order valence-corrected chi connectivity index (χ4v) is 4.71. The summed E-state index contributed by atoms with van der Waals surface area (Å²) in [5, 5.41) is 3.09. The minimum Gasteiger partial charge on any atom is -1.00 e. The molecule has 3 rings (SSSR count). The van der Waals surface area contributed by atoms with Crippen LogP contribution in [0.3, 0.4) is 0 Å². The maximum atomic E-state index is 13.1. The van der Waals surface area contributed by atoms with Crippen LogP contribution < -0.4 is 27.2 Å². The molecule has 0 atom stereocenters. The van der Waals surface area contributed by atoms with Gasteiger partial charge in [-0.15, -0.1) is 0 Å². The van der Waals surface area contributed by atoms with Gasteiger partial charge in [-0.2, -0.15) is 0 Å². The number of nitrogens with zero attached hydrogens (tertiary/aromatic N) is 2. The molecule has 198 valence electrons. The van der Waals surface area contributed by atoms with Gasteiger partial charge in [0.2, 0.25) is 0 Å². The van der Waals surface area contributed by atoms with E-state index in [0.29, 0.717) is 13.1 Å². The highest BCUT2D eigenvalue weighted by atomic mass is 79.9. The Morgan fingerprint density at radius 1 is 0.972 bits per heavy atom. The number of benzene rings is 2. The summed E-state index contributed by atoms with van der Waals surface area (Å²) in [6.45, 7) is 11.7. The normalized spacial score (nSPS) is 14.9. The molecule has 1 saturated heterocycles. The van der Waals surface area contributed by atoms with E-state index in [2.05, 4.69) is 36.5 Å². The molecular formula is C29H42BrN3O3. The third-order valence-corrected chi connectivity index (χ3v) is 6.42. The monoisotopic (exact) mass is 559 g/mol. The number of likely N-dealkylation sites (tertiary alicyclic amines) is 1. The number of hydrogen-bond donors (Lipinski definition) is 1. The molecule has 0 aliphatic carbocycles. The van der Waals surface area contributed by atoms with Gasteiger partial charge in [0, 0.05) is 23.5 Å². The number of amides is 2. The van der Waals surface area contributed by atoms with Gasteiger partial charge >= 0.3 is 6.09 Å². The molecule has 1 aliphatic heterocycles. The summed E-state index contributed by atoms with van der Waals surface area (Å²) in [6, 6.07) is 18.0. The lowest BCUT2D eigenvalue weighted by Crippen LogP contribution is -3.00. The second kappa shape index (κ2) is 13.8. The number of quaternary nitrogens is 1. The zero-order valence-corrected chi connectivity index (χ0v) is 23.9.